The number of nitrogens with zero attached hydrogens (tertiary/aromatic N) is 2. The summed E-state index contributed by atoms with van der Waals surface area (Å²) in [5, 5.41) is 0. The molecule has 3 heteroatoms. The Hall–Kier alpha value is -1.58. The van der Waals surface area contributed by atoms with Crippen molar-refractivity contribution >= 4 is 0 Å². The lowest BCUT2D eigenvalue weighted by molar-refractivity contribution is 0.155. The fourth-order valence-corrected chi connectivity index (χ4v) is 2.64. The molecular formula is C17H22N2O. The van der Waals surface area contributed by atoms with Crippen molar-refractivity contribution in [2.75, 3.05) is 39.8 Å². The zero-order valence-electron chi connectivity index (χ0n) is 12.1. The van der Waals surface area contributed by atoms with Crippen LogP contribution < -0.4 is 0 Å². The maximum Gasteiger partial charge on any atom is 0.133 e. The van der Waals surface area contributed by atoms with Gasteiger partial charge in [0, 0.05) is 38.3 Å². The average Bonchev–Trinajstić information content (AvgIpc) is 3.01. The van der Waals surface area contributed by atoms with Crippen molar-refractivity contribution in [1.29, 1.82) is 0 Å². The molecule has 0 N–H and O–H groups in total. The SMILES string of the molecule is CN1CCN(CCc2ccc(-c3ccco3)cc2)CC1. The summed E-state index contributed by atoms with van der Waals surface area (Å²) >= 11 is 0. The van der Waals surface area contributed by atoms with Gasteiger partial charge in [0.15, 0.2) is 0 Å². The summed E-state index contributed by atoms with van der Waals surface area (Å²) in [7, 11) is 2.20. The van der Waals surface area contributed by atoms with Gasteiger partial charge >= 0.3 is 0 Å². The molecular weight excluding hydrogens is 248 g/mol. The number of rotatable bonds is 4. The lowest BCUT2D eigenvalue weighted by atomic mass is 10.1. The minimum atomic E-state index is 0.940. The molecule has 3 rings (SSSR count). The number of piperazine rings is 1. The van der Waals surface area contributed by atoms with Gasteiger partial charge in [-0.2, -0.15) is 0 Å². The van der Waals surface area contributed by atoms with Crippen LogP contribution in [0.4, 0.5) is 0 Å². The second-order valence-electron chi connectivity index (χ2n) is 5.57. The second kappa shape index (κ2) is 6.25. The maximum atomic E-state index is 5.41. The van der Waals surface area contributed by atoms with E-state index in [0.29, 0.717) is 0 Å². The molecule has 0 bridgehead atoms. The van der Waals surface area contributed by atoms with E-state index in [-0.39, 0.29) is 0 Å². The quantitative estimate of drug-likeness (QED) is 0.851. The summed E-state index contributed by atoms with van der Waals surface area (Å²) in [4.78, 5) is 4.95. The third-order valence-corrected chi connectivity index (χ3v) is 4.07. The Morgan fingerprint density at radius 1 is 1.00 bits per heavy atom. The van der Waals surface area contributed by atoms with Crippen LogP contribution in [-0.2, 0) is 6.42 Å². The molecule has 1 fully saturated rings. The molecule has 0 amide bonds. The van der Waals surface area contributed by atoms with Crippen LogP contribution in [0.1, 0.15) is 5.56 Å². The van der Waals surface area contributed by atoms with Crippen molar-refractivity contribution in [3.05, 3.63) is 48.2 Å². The van der Waals surface area contributed by atoms with Gasteiger partial charge < -0.3 is 14.2 Å². The van der Waals surface area contributed by atoms with E-state index < -0.39 is 0 Å². The van der Waals surface area contributed by atoms with Crippen LogP contribution in [0.3, 0.4) is 0 Å². The van der Waals surface area contributed by atoms with Gasteiger partial charge in [0.05, 0.1) is 6.26 Å². The summed E-state index contributed by atoms with van der Waals surface area (Å²) in [5.74, 6) is 0.940. The second-order valence-corrected chi connectivity index (χ2v) is 5.57. The van der Waals surface area contributed by atoms with Crippen LogP contribution >= 0.6 is 0 Å². The van der Waals surface area contributed by atoms with Crippen molar-refractivity contribution in [3.8, 4) is 11.3 Å². The third-order valence-electron chi connectivity index (χ3n) is 4.07. The summed E-state index contributed by atoms with van der Waals surface area (Å²) < 4.78 is 5.41. The van der Waals surface area contributed by atoms with Gasteiger partial charge in [-0.05, 0) is 31.2 Å². The minimum absolute atomic E-state index is 0.940. The molecule has 106 valence electrons. The van der Waals surface area contributed by atoms with Crippen LogP contribution in [0.2, 0.25) is 0 Å². The highest BCUT2D eigenvalue weighted by Gasteiger charge is 2.13. The highest BCUT2D eigenvalue weighted by Crippen LogP contribution is 2.20. The Kier molecular flexibility index (Phi) is 4.19. The standard InChI is InChI=1S/C17H22N2O/c1-18-10-12-19(13-11-18)9-8-15-4-6-16(7-5-15)17-3-2-14-20-17/h2-7,14H,8-13H2,1H3. The Bertz CT molecular complexity index is 510. The van der Waals surface area contributed by atoms with Gasteiger partial charge in [-0.25, -0.2) is 0 Å². The van der Waals surface area contributed by atoms with E-state index in [1.807, 2.05) is 12.1 Å². The van der Waals surface area contributed by atoms with Crippen molar-refractivity contribution in [3.63, 3.8) is 0 Å². The van der Waals surface area contributed by atoms with Crippen molar-refractivity contribution in [2.24, 2.45) is 0 Å². The Labute approximate surface area is 120 Å². The van der Waals surface area contributed by atoms with Crippen molar-refractivity contribution < 1.29 is 4.42 Å². The van der Waals surface area contributed by atoms with Crippen LogP contribution in [-0.4, -0.2) is 49.6 Å². The number of hydrogen-bond donors (Lipinski definition) is 0. The first-order valence-electron chi connectivity index (χ1n) is 7.35. The molecule has 0 spiro atoms. The monoisotopic (exact) mass is 270 g/mol. The van der Waals surface area contributed by atoms with Crippen molar-refractivity contribution in [1.82, 2.24) is 9.80 Å². The molecule has 0 unspecified atom stereocenters. The zero-order valence-corrected chi connectivity index (χ0v) is 12.1. The van der Waals surface area contributed by atoms with E-state index >= 15 is 0 Å². The molecule has 0 aliphatic carbocycles. The van der Waals surface area contributed by atoms with E-state index in [1.54, 1.807) is 6.26 Å². The molecule has 2 aromatic rings. The smallest absolute Gasteiger partial charge is 0.133 e. The fourth-order valence-electron chi connectivity index (χ4n) is 2.64. The Morgan fingerprint density at radius 3 is 2.40 bits per heavy atom. The number of benzene rings is 1. The Morgan fingerprint density at radius 2 is 1.75 bits per heavy atom. The van der Waals surface area contributed by atoms with Crippen LogP contribution in [0.15, 0.2) is 47.1 Å². The highest BCUT2D eigenvalue weighted by atomic mass is 16.3. The first kappa shape index (κ1) is 13.4. The zero-order chi connectivity index (χ0) is 13.8. The number of furan rings is 1. The molecule has 0 radical (unpaired) electrons. The van der Waals surface area contributed by atoms with Crippen LogP contribution in [0, 0.1) is 0 Å². The molecule has 1 saturated heterocycles. The average molecular weight is 270 g/mol. The van der Waals surface area contributed by atoms with Gasteiger partial charge in [-0.3, -0.25) is 0 Å². The minimum Gasteiger partial charge on any atom is -0.464 e. The molecule has 2 heterocycles. The molecule has 0 saturated carbocycles. The molecule has 0 atom stereocenters. The van der Waals surface area contributed by atoms with E-state index in [2.05, 4.69) is 41.1 Å². The normalized spacial score (nSPS) is 17.4. The van der Waals surface area contributed by atoms with Gasteiger partial charge in [-0.15, -0.1) is 0 Å². The summed E-state index contributed by atoms with van der Waals surface area (Å²) in [6.07, 6.45) is 2.85. The van der Waals surface area contributed by atoms with Crippen LogP contribution in [0.25, 0.3) is 11.3 Å². The highest BCUT2D eigenvalue weighted by molar-refractivity contribution is 5.57. The summed E-state index contributed by atoms with van der Waals surface area (Å²) in [6, 6.07) is 12.7. The van der Waals surface area contributed by atoms with E-state index in [1.165, 1.54) is 31.7 Å². The van der Waals surface area contributed by atoms with E-state index in [0.717, 1.165) is 24.3 Å². The number of hydrogen-bond acceptors (Lipinski definition) is 3. The molecule has 20 heavy (non-hydrogen) atoms. The van der Waals surface area contributed by atoms with Crippen molar-refractivity contribution in [2.45, 2.75) is 6.42 Å². The van der Waals surface area contributed by atoms with Gasteiger partial charge in [0.25, 0.3) is 0 Å². The topological polar surface area (TPSA) is 19.6 Å². The summed E-state index contributed by atoms with van der Waals surface area (Å²) in [6.45, 7) is 5.94. The van der Waals surface area contributed by atoms with Gasteiger partial charge in [-0.1, -0.05) is 24.3 Å². The molecule has 3 nitrogen and oxygen atoms in total. The molecule has 1 aromatic carbocycles. The number of likely N-dealkylation sites (N-methyl/N-ethyl adjacent to an activating group) is 1. The molecule has 1 aromatic heterocycles. The third kappa shape index (κ3) is 3.30. The lowest BCUT2D eigenvalue weighted by Gasteiger charge is -2.32. The largest absolute Gasteiger partial charge is 0.464 e. The first-order chi connectivity index (χ1) is 9.81. The maximum absolute atomic E-state index is 5.41. The van der Waals surface area contributed by atoms with E-state index in [9.17, 15) is 0 Å². The van der Waals surface area contributed by atoms with Gasteiger partial charge in [0.2, 0.25) is 0 Å². The lowest BCUT2D eigenvalue weighted by Crippen LogP contribution is -2.45. The molecule has 1 aliphatic rings. The Balaban J connectivity index is 1.53. The fraction of sp³-hybridized carbons (Fsp3) is 0.412. The summed E-state index contributed by atoms with van der Waals surface area (Å²) in [5.41, 5.74) is 2.55. The predicted octanol–water partition coefficient (Wildman–Crippen LogP) is 2.74. The van der Waals surface area contributed by atoms with Gasteiger partial charge in [0.1, 0.15) is 5.76 Å². The molecule has 1 aliphatic heterocycles. The van der Waals surface area contributed by atoms with E-state index in [4.69, 9.17) is 4.42 Å². The van der Waals surface area contributed by atoms with Crippen LogP contribution in [0.5, 0.6) is 0 Å². The first-order valence-corrected chi connectivity index (χ1v) is 7.35. The predicted molar refractivity (Wildman–Crippen MR) is 81.8 cm³/mol.